The lowest BCUT2D eigenvalue weighted by Gasteiger charge is -2.26. The van der Waals surface area contributed by atoms with Crippen molar-refractivity contribution in [3.63, 3.8) is 0 Å². The lowest BCUT2D eigenvalue weighted by atomic mass is 10.3. The van der Waals surface area contributed by atoms with Crippen LogP contribution >= 0.6 is 0 Å². The number of anilines is 1. The standard InChI is InChI=1S/C17H16N4O4/c22-16-12-8-18-17(20-3-5-23-6-4-20)19-13(12)9-21(16)11-1-2-14-15(7-11)25-10-24-14/h1-2,7-9,22H,3-6,10H2. The number of ether oxygens (including phenoxy) is 3. The molecule has 2 aliphatic rings. The Labute approximate surface area is 143 Å². The Morgan fingerprint density at radius 2 is 1.92 bits per heavy atom. The quantitative estimate of drug-likeness (QED) is 0.760. The van der Waals surface area contributed by atoms with E-state index in [2.05, 4.69) is 14.9 Å². The number of benzene rings is 1. The van der Waals surface area contributed by atoms with E-state index in [1.54, 1.807) is 17.0 Å². The topological polar surface area (TPSA) is 81.9 Å². The molecule has 3 aromatic rings. The summed E-state index contributed by atoms with van der Waals surface area (Å²) in [4.78, 5) is 11.1. The third-order valence-corrected chi connectivity index (χ3v) is 4.45. The molecule has 0 radical (unpaired) electrons. The predicted octanol–water partition coefficient (Wildman–Crippen LogP) is 1.69. The molecule has 1 N–H and O–H groups in total. The van der Waals surface area contributed by atoms with E-state index in [-0.39, 0.29) is 12.7 Å². The van der Waals surface area contributed by atoms with E-state index in [0.717, 1.165) is 18.8 Å². The van der Waals surface area contributed by atoms with E-state index < -0.39 is 0 Å². The molecule has 2 aliphatic heterocycles. The highest BCUT2D eigenvalue weighted by Gasteiger charge is 2.19. The highest BCUT2D eigenvalue weighted by atomic mass is 16.7. The minimum absolute atomic E-state index is 0.0994. The molecule has 0 saturated carbocycles. The minimum atomic E-state index is 0.0994. The van der Waals surface area contributed by atoms with Gasteiger partial charge in [0.1, 0.15) is 0 Å². The Balaban J connectivity index is 1.56. The van der Waals surface area contributed by atoms with Gasteiger partial charge in [0.25, 0.3) is 0 Å². The molecule has 0 unspecified atom stereocenters. The zero-order chi connectivity index (χ0) is 16.8. The summed E-state index contributed by atoms with van der Waals surface area (Å²) in [5.74, 6) is 2.12. The molecule has 2 aromatic heterocycles. The highest BCUT2D eigenvalue weighted by Crippen LogP contribution is 2.36. The first-order valence-electron chi connectivity index (χ1n) is 8.09. The van der Waals surface area contributed by atoms with E-state index in [1.165, 1.54) is 0 Å². The Hall–Kier alpha value is -3.00. The van der Waals surface area contributed by atoms with Crippen molar-refractivity contribution < 1.29 is 19.3 Å². The molecule has 1 fully saturated rings. The molecule has 8 nitrogen and oxygen atoms in total. The van der Waals surface area contributed by atoms with E-state index >= 15 is 0 Å². The zero-order valence-electron chi connectivity index (χ0n) is 13.4. The molecule has 0 amide bonds. The number of hydrogen-bond donors (Lipinski definition) is 1. The number of nitrogens with zero attached hydrogens (tertiary/aromatic N) is 4. The molecule has 0 aliphatic carbocycles. The van der Waals surface area contributed by atoms with Crippen LogP contribution in [-0.4, -0.2) is 52.7 Å². The van der Waals surface area contributed by atoms with E-state index in [0.29, 0.717) is 41.6 Å². The van der Waals surface area contributed by atoms with Crippen LogP contribution in [0.1, 0.15) is 0 Å². The van der Waals surface area contributed by atoms with Crippen LogP contribution in [0.2, 0.25) is 0 Å². The van der Waals surface area contributed by atoms with Crippen LogP contribution in [0.3, 0.4) is 0 Å². The van der Waals surface area contributed by atoms with Crippen molar-refractivity contribution in [1.29, 1.82) is 0 Å². The van der Waals surface area contributed by atoms with Crippen LogP contribution in [0.5, 0.6) is 17.4 Å². The number of fused-ring (bicyclic) bond motifs is 2. The van der Waals surface area contributed by atoms with Crippen LogP contribution in [0, 0.1) is 0 Å². The minimum Gasteiger partial charge on any atom is -0.494 e. The van der Waals surface area contributed by atoms with Crippen molar-refractivity contribution in [2.45, 2.75) is 0 Å². The summed E-state index contributed by atoms with van der Waals surface area (Å²) in [6.07, 6.45) is 3.46. The summed E-state index contributed by atoms with van der Waals surface area (Å²) in [6.45, 7) is 3.09. The van der Waals surface area contributed by atoms with Crippen LogP contribution in [0.15, 0.2) is 30.6 Å². The van der Waals surface area contributed by atoms with Crippen LogP contribution in [0.4, 0.5) is 5.95 Å². The number of aromatic hydroxyl groups is 1. The Kier molecular flexibility index (Phi) is 3.17. The maximum atomic E-state index is 10.6. The molecule has 4 heterocycles. The normalized spacial score (nSPS) is 16.6. The van der Waals surface area contributed by atoms with E-state index in [9.17, 15) is 5.11 Å². The van der Waals surface area contributed by atoms with Gasteiger partial charge in [-0.15, -0.1) is 0 Å². The molecule has 128 valence electrons. The second kappa shape index (κ2) is 5.52. The molecule has 1 aromatic carbocycles. The van der Waals surface area contributed by atoms with Gasteiger partial charge < -0.3 is 24.2 Å². The van der Waals surface area contributed by atoms with Gasteiger partial charge in [-0.1, -0.05) is 0 Å². The number of aromatic nitrogens is 3. The van der Waals surface area contributed by atoms with Gasteiger partial charge in [0.15, 0.2) is 11.5 Å². The second-order valence-corrected chi connectivity index (χ2v) is 5.93. The number of rotatable bonds is 2. The van der Waals surface area contributed by atoms with Crippen molar-refractivity contribution in [3.8, 4) is 23.1 Å². The van der Waals surface area contributed by atoms with Crippen molar-refractivity contribution in [2.24, 2.45) is 0 Å². The third kappa shape index (κ3) is 2.33. The third-order valence-electron chi connectivity index (χ3n) is 4.45. The van der Waals surface area contributed by atoms with Crippen LogP contribution < -0.4 is 14.4 Å². The summed E-state index contributed by atoms with van der Waals surface area (Å²) < 4.78 is 17.8. The number of hydrogen-bond acceptors (Lipinski definition) is 7. The molecule has 1 saturated heterocycles. The Bertz CT molecular complexity index is 949. The molecular formula is C17H16N4O4. The summed E-state index contributed by atoms with van der Waals surface area (Å²) in [5, 5.41) is 11.2. The second-order valence-electron chi connectivity index (χ2n) is 5.93. The summed E-state index contributed by atoms with van der Waals surface area (Å²) in [5.41, 5.74) is 1.46. The first-order valence-corrected chi connectivity index (χ1v) is 8.09. The Morgan fingerprint density at radius 1 is 1.08 bits per heavy atom. The summed E-state index contributed by atoms with van der Waals surface area (Å²) in [6, 6.07) is 5.52. The first-order chi connectivity index (χ1) is 12.3. The molecule has 0 spiro atoms. The lowest BCUT2D eigenvalue weighted by Crippen LogP contribution is -2.37. The van der Waals surface area contributed by atoms with Gasteiger partial charge in [0.05, 0.1) is 29.8 Å². The van der Waals surface area contributed by atoms with Gasteiger partial charge in [0, 0.05) is 31.5 Å². The molecule has 0 atom stereocenters. The maximum Gasteiger partial charge on any atom is 0.231 e. The van der Waals surface area contributed by atoms with Crippen molar-refractivity contribution in [1.82, 2.24) is 14.5 Å². The molecule has 5 rings (SSSR count). The van der Waals surface area contributed by atoms with Crippen molar-refractivity contribution in [3.05, 3.63) is 30.6 Å². The largest absolute Gasteiger partial charge is 0.494 e. The van der Waals surface area contributed by atoms with Gasteiger partial charge in [-0.05, 0) is 12.1 Å². The maximum absolute atomic E-state index is 10.6. The smallest absolute Gasteiger partial charge is 0.231 e. The fraction of sp³-hybridized carbons (Fsp3) is 0.294. The van der Waals surface area contributed by atoms with Crippen molar-refractivity contribution in [2.75, 3.05) is 38.0 Å². The fourth-order valence-corrected chi connectivity index (χ4v) is 3.12. The molecule has 0 bridgehead atoms. The predicted molar refractivity (Wildman–Crippen MR) is 89.7 cm³/mol. The Morgan fingerprint density at radius 3 is 2.80 bits per heavy atom. The average Bonchev–Trinajstić information content (AvgIpc) is 3.26. The summed E-state index contributed by atoms with van der Waals surface area (Å²) >= 11 is 0. The molecular weight excluding hydrogens is 324 g/mol. The summed E-state index contributed by atoms with van der Waals surface area (Å²) in [7, 11) is 0. The van der Waals surface area contributed by atoms with E-state index in [1.807, 2.05) is 18.2 Å². The van der Waals surface area contributed by atoms with Gasteiger partial charge in [0.2, 0.25) is 18.6 Å². The van der Waals surface area contributed by atoms with Gasteiger partial charge in [-0.2, -0.15) is 0 Å². The first kappa shape index (κ1) is 14.4. The van der Waals surface area contributed by atoms with Gasteiger partial charge >= 0.3 is 0 Å². The molecule has 25 heavy (non-hydrogen) atoms. The fourth-order valence-electron chi connectivity index (χ4n) is 3.12. The van der Waals surface area contributed by atoms with E-state index in [4.69, 9.17) is 14.2 Å². The van der Waals surface area contributed by atoms with Crippen molar-refractivity contribution >= 4 is 16.9 Å². The highest BCUT2D eigenvalue weighted by molar-refractivity contribution is 5.85. The van der Waals surface area contributed by atoms with Crippen LogP contribution in [0.25, 0.3) is 16.6 Å². The molecule has 8 heteroatoms. The van der Waals surface area contributed by atoms with Crippen LogP contribution in [-0.2, 0) is 4.74 Å². The van der Waals surface area contributed by atoms with Gasteiger partial charge in [-0.25, -0.2) is 9.97 Å². The average molecular weight is 340 g/mol. The zero-order valence-corrected chi connectivity index (χ0v) is 13.4. The lowest BCUT2D eigenvalue weighted by molar-refractivity contribution is 0.122. The van der Waals surface area contributed by atoms with Gasteiger partial charge in [-0.3, -0.25) is 4.57 Å². The number of morpholine rings is 1. The SMILES string of the molecule is Oc1c2cnc(N3CCOCC3)nc2cn1-c1ccc2c(c1)OCO2. The monoisotopic (exact) mass is 340 g/mol.